The lowest BCUT2D eigenvalue weighted by Gasteiger charge is -2.21. The van der Waals surface area contributed by atoms with Crippen molar-refractivity contribution in [3.63, 3.8) is 0 Å². The van der Waals surface area contributed by atoms with Gasteiger partial charge in [-0.2, -0.15) is 0 Å². The SMILES string of the molecule is CCCCCCCCCCCCCCCCCCCCCC(=O)OC[C@H](COP(=O)(O)OC[C@@H](O)COP(=O)(O)OC[C@@H](COC(=O)CCCCCCCCCCCCCC)OC(=O)CCCCCCCCCCCCCCCCCCCC)OC(=O)CCCCCCCCCCCCCCCCCCCCC(C)C. The van der Waals surface area contributed by atoms with Crippen LogP contribution in [-0.4, -0.2) is 96.7 Å². The number of carbonyl (C=O) groups is 4. The Balaban J connectivity index is 5.24. The van der Waals surface area contributed by atoms with Gasteiger partial charge in [0, 0.05) is 25.7 Å². The summed E-state index contributed by atoms with van der Waals surface area (Å²) in [6, 6.07) is 0. The van der Waals surface area contributed by atoms with Crippen LogP contribution in [-0.2, 0) is 65.4 Å². The van der Waals surface area contributed by atoms with Crippen molar-refractivity contribution in [2.45, 2.75) is 515 Å². The third-order valence-corrected chi connectivity index (χ3v) is 23.4. The number of aliphatic hydroxyl groups excluding tert-OH is 1. The minimum atomic E-state index is -4.97. The average Bonchev–Trinajstić information content (AvgIpc) is 0.894. The molecule has 0 rings (SSSR count). The first-order valence-corrected chi connectivity index (χ1v) is 50.1. The van der Waals surface area contributed by atoms with Crippen molar-refractivity contribution >= 4 is 39.5 Å². The van der Waals surface area contributed by atoms with Crippen LogP contribution >= 0.6 is 15.6 Å². The molecule has 0 aromatic carbocycles. The Kier molecular flexibility index (Phi) is 82.1. The third-order valence-electron chi connectivity index (χ3n) is 21.5. The molecular formula is C91H178O17P2. The van der Waals surface area contributed by atoms with E-state index in [0.717, 1.165) is 95.8 Å². The smallest absolute Gasteiger partial charge is 0.462 e. The van der Waals surface area contributed by atoms with Gasteiger partial charge in [-0.3, -0.25) is 37.3 Å². The molecule has 0 aliphatic heterocycles. The van der Waals surface area contributed by atoms with E-state index in [1.54, 1.807) is 0 Å². The van der Waals surface area contributed by atoms with Crippen molar-refractivity contribution in [1.82, 2.24) is 0 Å². The van der Waals surface area contributed by atoms with Gasteiger partial charge in [-0.15, -0.1) is 0 Å². The molecule has 0 aliphatic carbocycles. The number of rotatable bonds is 91. The molecule has 0 saturated heterocycles. The van der Waals surface area contributed by atoms with Crippen LogP contribution in [0, 0.1) is 5.92 Å². The van der Waals surface area contributed by atoms with Gasteiger partial charge >= 0.3 is 39.5 Å². The Morgan fingerprint density at radius 1 is 0.245 bits per heavy atom. The van der Waals surface area contributed by atoms with Crippen LogP contribution in [0.5, 0.6) is 0 Å². The predicted molar refractivity (Wildman–Crippen MR) is 455 cm³/mol. The third kappa shape index (κ3) is 84.0. The molecule has 0 aromatic rings. The molecule has 19 heteroatoms. The van der Waals surface area contributed by atoms with Crippen LogP contribution < -0.4 is 0 Å². The monoisotopic (exact) mass is 1610 g/mol. The number of aliphatic hydroxyl groups is 1. The van der Waals surface area contributed by atoms with E-state index < -0.39 is 97.5 Å². The van der Waals surface area contributed by atoms with Gasteiger partial charge < -0.3 is 33.8 Å². The van der Waals surface area contributed by atoms with Crippen molar-refractivity contribution in [1.29, 1.82) is 0 Å². The van der Waals surface area contributed by atoms with E-state index >= 15 is 0 Å². The van der Waals surface area contributed by atoms with Gasteiger partial charge in [-0.05, 0) is 31.6 Å². The number of esters is 4. The number of ether oxygens (including phenoxy) is 4. The number of unbranched alkanes of at least 4 members (excludes halogenated alkanes) is 63. The molecule has 0 aromatic heterocycles. The van der Waals surface area contributed by atoms with Gasteiger partial charge in [0.1, 0.15) is 19.3 Å². The average molecular weight is 1610 g/mol. The minimum absolute atomic E-state index is 0.109. The molecule has 17 nitrogen and oxygen atoms in total. The van der Waals surface area contributed by atoms with E-state index in [9.17, 15) is 43.2 Å². The summed E-state index contributed by atoms with van der Waals surface area (Å²) in [5.74, 6) is -1.27. The van der Waals surface area contributed by atoms with Crippen molar-refractivity contribution in [3.05, 3.63) is 0 Å². The van der Waals surface area contributed by atoms with Crippen LogP contribution in [0.3, 0.4) is 0 Å². The zero-order valence-electron chi connectivity index (χ0n) is 72.4. The summed E-state index contributed by atoms with van der Waals surface area (Å²) in [4.78, 5) is 73.4. The molecule has 3 N–H and O–H groups in total. The molecule has 2 unspecified atom stereocenters. The number of phosphoric ester groups is 2. The molecule has 110 heavy (non-hydrogen) atoms. The van der Waals surface area contributed by atoms with E-state index in [0.29, 0.717) is 25.7 Å². The number of carbonyl (C=O) groups excluding carboxylic acids is 4. The minimum Gasteiger partial charge on any atom is -0.462 e. The molecule has 0 saturated carbocycles. The highest BCUT2D eigenvalue weighted by Crippen LogP contribution is 2.45. The highest BCUT2D eigenvalue weighted by Gasteiger charge is 2.31. The van der Waals surface area contributed by atoms with Gasteiger partial charge in [0.25, 0.3) is 0 Å². The van der Waals surface area contributed by atoms with Crippen molar-refractivity contribution in [3.8, 4) is 0 Å². The molecule has 0 aliphatic rings. The molecule has 0 heterocycles. The lowest BCUT2D eigenvalue weighted by Crippen LogP contribution is -2.30. The second kappa shape index (κ2) is 83.5. The van der Waals surface area contributed by atoms with Crippen molar-refractivity contribution < 1.29 is 80.2 Å². The first kappa shape index (κ1) is 108. The molecule has 5 atom stereocenters. The Morgan fingerprint density at radius 2 is 0.418 bits per heavy atom. The number of hydrogen-bond donors (Lipinski definition) is 3. The van der Waals surface area contributed by atoms with Gasteiger partial charge in [0.05, 0.1) is 26.4 Å². The van der Waals surface area contributed by atoms with Crippen LogP contribution in [0.1, 0.15) is 497 Å². The Hall–Kier alpha value is -1.94. The molecule has 0 spiro atoms. The van der Waals surface area contributed by atoms with Crippen molar-refractivity contribution in [2.75, 3.05) is 39.6 Å². The van der Waals surface area contributed by atoms with E-state index in [-0.39, 0.29) is 25.7 Å². The van der Waals surface area contributed by atoms with Crippen LogP contribution in [0.4, 0.5) is 0 Å². The zero-order chi connectivity index (χ0) is 80.4. The summed E-state index contributed by atoms with van der Waals surface area (Å²) in [5.41, 5.74) is 0. The molecule has 0 radical (unpaired) electrons. The van der Waals surface area contributed by atoms with E-state index in [1.807, 2.05) is 0 Å². The van der Waals surface area contributed by atoms with Gasteiger partial charge in [0.2, 0.25) is 0 Å². The molecule has 0 fully saturated rings. The first-order valence-electron chi connectivity index (χ1n) is 47.1. The quantitative estimate of drug-likeness (QED) is 0.0222. The largest absolute Gasteiger partial charge is 0.472 e. The van der Waals surface area contributed by atoms with Gasteiger partial charge in [0.15, 0.2) is 12.2 Å². The molecule has 654 valence electrons. The fourth-order valence-electron chi connectivity index (χ4n) is 14.4. The van der Waals surface area contributed by atoms with E-state index in [2.05, 4.69) is 34.6 Å². The second-order valence-electron chi connectivity index (χ2n) is 33.2. The summed E-state index contributed by atoms with van der Waals surface area (Å²) < 4.78 is 69.1. The fraction of sp³-hybridized carbons (Fsp3) is 0.956. The molecule has 0 amide bonds. The standard InChI is InChI=1S/C91H178O17P2/c1-6-9-12-15-18-21-24-27-29-31-33-38-41-45-50-55-60-65-70-75-89(94)102-81-87(108-91(96)77-72-67-62-57-52-47-43-39-35-34-36-40-44-48-53-58-63-68-73-84(4)5)83-106-110(99,100)104-79-85(92)78-103-109(97,98)105-82-86(80-101-88(93)74-69-64-59-54-49-26-23-20-17-14-11-8-3)107-90(95)76-71-66-61-56-51-46-42-37-32-30-28-25-22-19-16-13-10-7-2/h84-87,92H,6-83H2,1-5H3,(H,97,98)(H,99,100)/t85-,86+,87+/m0/s1. The Bertz CT molecular complexity index is 2080. The van der Waals surface area contributed by atoms with E-state index in [1.165, 1.54) is 321 Å². The summed E-state index contributed by atoms with van der Waals surface area (Å²) >= 11 is 0. The van der Waals surface area contributed by atoms with Gasteiger partial charge in [-0.1, -0.05) is 446 Å². The lowest BCUT2D eigenvalue weighted by atomic mass is 10.0. The molecular weight excluding hydrogens is 1430 g/mol. The number of hydrogen-bond acceptors (Lipinski definition) is 15. The maximum Gasteiger partial charge on any atom is 0.472 e. The summed E-state index contributed by atoms with van der Waals surface area (Å²) in [7, 11) is -9.93. The zero-order valence-corrected chi connectivity index (χ0v) is 74.2. The second-order valence-corrected chi connectivity index (χ2v) is 36.1. The number of phosphoric acid groups is 2. The predicted octanol–water partition coefficient (Wildman–Crippen LogP) is 28.3. The summed E-state index contributed by atoms with van der Waals surface area (Å²) in [5, 5.41) is 10.7. The van der Waals surface area contributed by atoms with Crippen LogP contribution in [0.25, 0.3) is 0 Å². The van der Waals surface area contributed by atoms with Crippen LogP contribution in [0.15, 0.2) is 0 Å². The topological polar surface area (TPSA) is 237 Å². The van der Waals surface area contributed by atoms with Gasteiger partial charge in [-0.25, -0.2) is 9.13 Å². The summed E-state index contributed by atoms with van der Waals surface area (Å²) in [6.07, 6.45) is 79.2. The first-order chi connectivity index (χ1) is 53.5. The summed E-state index contributed by atoms with van der Waals surface area (Å²) in [6.45, 7) is 7.44. The van der Waals surface area contributed by atoms with E-state index in [4.69, 9.17) is 37.0 Å². The molecule has 0 bridgehead atoms. The van der Waals surface area contributed by atoms with Crippen molar-refractivity contribution in [2.24, 2.45) is 5.92 Å². The maximum absolute atomic E-state index is 13.2. The van der Waals surface area contributed by atoms with Crippen LogP contribution in [0.2, 0.25) is 0 Å². The maximum atomic E-state index is 13.2. The normalized spacial score (nSPS) is 13.7. The fourth-order valence-corrected chi connectivity index (χ4v) is 15.9. The Morgan fingerprint density at radius 3 is 0.618 bits per heavy atom. The Labute approximate surface area is 677 Å². The lowest BCUT2D eigenvalue weighted by molar-refractivity contribution is -0.161. The highest BCUT2D eigenvalue weighted by molar-refractivity contribution is 7.47. The highest BCUT2D eigenvalue weighted by atomic mass is 31.2.